The fourth-order valence-corrected chi connectivity index (χ4v) is 5.78. The highest BCUT2D eigenvalue weighted by atomic mass is 16.6. The number of rotatable bonds is 21. The van der Waals surface area contributed by atoms with Crippen molar-refractivity contribution < 1.29 is 57.5 Å². The Morgan fingerprint density at radius 3 is 1.77 bits per heavy atom. The molecule has 1 saturated heterocycles. The van der Waals surface area contributed by atoms with Crippen LogP contribution in [0.1, 0.15) is 93.4 Å². The van der Waals surface area contributed by atoms with Crippen molar-refractivity contribution in [2.45, 2.75) is 99.5 Å². The summed E-state index contributed by atoms with van der Waals surface area (Å²) in [6.45, 7) is 12.0. The molecule has 1 aliphatic rings. The molecule has 0 amide bonds. The summed E-state index contributed by atoms with van der Waals surface area (Å²) in [4.78, 5) is 66.4. The van der Waals surface area contributed by atoms with Crippen molar-refractivity contribution in [3.8, 4) is 0 Å². The molecule has 1 fully saturated rings. The molecule has 0 spiro atoms. The summed E-state index contributed by atoms with van der Waals surface area (Å²) in [7, 11) is 2.47. The van der Waals surface area contributed by atoms with E-state index in [1.807, 2.05) is 6.92 Å². The Kier molecular flexibility index (Phi) is 15.3. The zero-order valence-electron chi connectivity index (χ0n) is 28.1. The molecule has 0 aromatic rings. The minimum absolute atomic E-state index is 0.0254. The van der Waals surface area contributed by atoms with Crippen molar-refractivity contribution in [1.29, 1.82) is 0 Å². The Morgan fingerprint density at radius 2 is 1.30 bits per heavy atom. The van der Waals surface area contributed by atoms with Gasteiger partial charge in [-0.3, -0.25) is 24.0 Å². The minimum Gasteiger partial charge on any atom is -0.469 e. The Labute approximate surface area is 261 Å². The van der Waals surface area contributed by atoms with Gasteiger partial charge in [0.05, 0.1) is 61.6 Å². The summed E-state index contributed by atoms with van der Waals surface area (Å²) in [5.74, 6) is -4.05. The van der Waals surface area contributed by atoms with E-state index in [0.717, 1.165) is 6.42 Å². The molecular formula is C32H54O12. The Morgan fingerprint density at radius 1 is 0.773 bits per heavy atom. The molecule has 1 heterocycles. The highest BCUT2D eigenvalue weighted by Gasteiger charge is 2.51. The van der Waals surface area contributed by atoms with Crippen LogP contribution in [0.25, 0.3) is 0 Å². The molecule has 1 aliphatic heterocycles. The van der Waals surface area contributed by atoms with Gasteiger partial charge in [-0.05, 0) is 73.1 Å². The largest absolute Gasteiger partial charge is 0.469 e. The number of carbonyl (C=O) groups is 5. The zero-order chi connectivity index (χ0) is 33.8. The predicted octanol–water partition coefficient (Wildman–Crippen LogP) is 3.78. The number of epoxide rings is 1. The van der Waals surface area contributed by atoms with Gasteiger partial charge in [0.1, 0.15) is 19.3 Å². The lowest BCUT2D eigenvalue weighted by Gasteiger charge is -2.40. The maximum absolute atomic E-state index is 13.7. The molecule has 0 aromatic heterocycles. The van der Waals surface area contributed by atoms with E-state index in [-0.39, 0.29) is 58.2 Å². The topological polar surface area (TPSA) is 164 Å². The van der Waals surface area contributed by atoms with E-state index in [9.17, 15) is 29.1 Å². The van der Waals surface area contributed by atoms with Crippen LogP contribution in [-0.4, -0.2) is 88.3 Å². The molecule has 0 aliphatic carbocycles. The normalized spacial score (nSPS) is 19.3. The summed E-state index contributed by atoms with van der Waals surface area (Å²) >= 11 is 0. The second-order valence-corrected chi connectivity index (χ2v) is 13.3. The Balaban J connectivity index is 3.57. The number of esters is 5. The van der Waals surface area contributed by atoms with Crippen molar-refractivity contribution in [2.75, 3.05) is 47.3 Å². The smallest absolute Gasteiger partial charge is 0.311 e. The summed E-state index contributed by atoms with van der Waals surface area (Å²) in [5.41, 5.74) is -5.06. The number of hydrogen-bond acceptors (Lipinski definition) is 12. The number of aliphatic hydroxyl groups excluding tert-OH is 1. The van der Waals surface area contributed by atoms with Crippen LogP contribution >= 0.6 is 0 Å². The summed E-state index contributed by atoms with van der Waals surface area (Å²) in [6.07, 6.45) is 1.21. The molecular weight excluding hydrogens is 576 g/mol. The number of methoxy groups -OCH3 is 2. The summed E-state index contributed by atoms with van der Waals surface area (Å²) in [6, 6.07) is 0. The molecule has 1 N–H and O–H groups in total. The standard InChI is InChI=1S/C32H54O12/c1-10-12-14-41-27(37)32(7,21-30(5,11-2)26(36)42-15-13-33)17-22(24(34)39-8)16-31(6,20-29(3,4)25(35)40-9)28(38)44-19-23-18-43-23/h22-23,33H,10-21H2,1-9H3. The molecule has 44 heavy (non-hydrogen) atoms. The van der Waals surface area contributed by atoms with E-state index in [1.54, 1.807) is 41.5 Å². The van der Waals surface area contributed by atoms with Gasteiger partial charge in [0.25, 0.3) is 0 Å². The SMILES string of the molecule is CCCCOC(=O)C(C)(CC(CC(C)(CC(C)(C)C(=O)OC)C(=O)OCC1CO1)C(=O)OC)CC(C)(CC)C(=O)OCCO. The lowest BCUT2D eigenvalue weighted by atomic mass is 9.64. The third-order valence-electron chi connectivity index (χ3n) is 8.40. The van der Waals surface area contributed by atoms with Crippen molar-refractivity contribution >= 4 is 29.8 Å². The van der Waals surface area contributed by atoms with Crippen LogP contribution < -0.4 is 0 Å². The molecule has 0 bridgehead atoms. The predicted molar refractivity (Wildman–Crippen MR) is 159 cm³/mol. The van der Waals surface area contributed by atoms with Gasteiger partial charge in [0.2, 0.25) is 0 Å². The number of hydrogen-bond donors (Lipinski definition) is 1. The maximum atomic E-state index is 13.7. The van der Waals surface area contributed by atoms with E-state index in [1.165, 1.54) is 14.2 Å². The Hall–Kier alpha value is -2.73. The molecule has 5 unspecified atom stereocenters. The average Bonchev–Trinajstić information content (AvgIpc) is 3.81. The number of ether oxygens (including phenoxy) is 6. The molecule has 0 radical (unpaired) electrons. The van der Waals surface area contributed by atoms with Crippen LogP contribution in [0.3, 0.4) is 0 Å². The van der Waals surface area contributed by atoms with Crippen LogP contribution in [0, 0.1) is 27.6 Å². The van der Waals surface area contributed by atoms with Crippen LogP contribution in [0.15, 0.2) is 0 Å². The van der Waals surface area contributed by atoms with Crippen molar-refractivity contribution in [2.24, 2.45) is 27.6 Å². The number of carbonyl (C=O) groups excluding carboxylic acids is 5. The van der Waals surface area contributed by atoms with Gasteiger partial charge in [-0.15, -0.1) is 0 Å². The average molecular weight is 631 g/mol. The highest BCUT2D eigenvalue weighted by Crippen LogP contribution is 2.47. The lowest BCUT2D eigenvalue weighted by Crippen LogP contribution is -2.45. The molecule has 12 nitrogen and oxygen atoms in total. The van der Waals surface area contributed by atoms with E-state index < -0.39 is 57.4 Å². The summed E-state index contributed by atoms with van der Waals surface area (Å²) in [5, 5.41) is 9.18. The minimum atomic E-state index is -1.39. The molecule has 254 valence electrons. The highest BCUT2D eigenvalue weighted by molar-refractivity contribution is 5.83. The van der Waals surface area contributed by atoms with E-state index in [2.05, 4.69) is 0 Å². The first-order chi connectivity index (χ1) is 20.5. The zero-order valence-corrected chi connectivity index (χ0v) is 28.1. The third kappa shape index (κ3) is 11.3. The van der Waals surface area contributed by atoms with Crippen LogP contribution in [0.4, 0.5) is 0 Å². The second kappa shape index (κ2) is 17.1. The quantitative estimate of drug-likeness (QED) is 0.0846. The number of unbranched alkanes of at least 4 members (excludes halogenated alkanes) is 1. The van der Waals surface area contributed by atoms with Gasteiger partial charge in [0, 0.05) is 0 Å². The first kappa shape index (κ1) is 39.3. The van der Waals surface area contributed by atoms with E-state index >= 15 is 0 Å². The Bertz CT molecular complexity index is 990. The van der Waals surface area contributed by atoms with Crippen molar-refractivity contribution in [3.63, 3.8) is 0 Å². The monoisotopic (exact) mass is 630 g/mol. The fourth-order valence-electron chi connectivity index (χ4n) is 5.78. The van der Waals surface area contributed by atoms with Gasteiger partial charge in [-0.2, -0.15) is 0 Å². The first-order valence-electron chi connectivity index (χ1n) is 15.4. The second-order valence-electron chi connectivity index (χ2n) is 13.3. The van der Waals surface area contributed by atoms with Gasteiger partial charge in [-0.1, -0.05) is 20.3 Å². The van der Waals surface area contributed by atoms with Gasteiger partial charge >= 0.3 is 29.8 Å². The molecule has 1 rings (SSSR count). The molecule has 5 atom stereocenters. The van der Waals surface area contributed by atoms with Crippen LogP contribution in [0.2, 0.25) is 0 Å². The fraction of sp³-hybridized carbons (Fsp3) is 0.844. The van der Waals surface area contributed by atoms with Crippen molar-refractivity contribution in [3.05, 3.63) is 0 Å². The van der Waals surface area contributed by atoms with E-state index in [4.69, 9.17) is 28.4 Å². The summed E-state index contributed by atoms with van der Waals surface area (Å²) < 4.78 is 31.8. The molecule has 12 heteroatoms. The molecule has 0 aromatic carbocycles. The maximum Gasteiger partial charge on any atom is 0.311 e. The van der Waals surface area contributed by atoms with Gasteiger partial charge < -0.3 is 33.5 Å². The van der Waals surface area contributed by atoms with E-state index in [0.29, 0.717) is 19.4 Å². The van der Waals surface area contributed by atoms with Crippen LogP contribution in [-0.2, 0) is 52.4 Å². The lowest BCUT2D eigenvalue weighted by molar-refractivity contribution is -0.168. The number of aliphatic hydroxyl groups is 1. The van der Waals surface area contributed by atoms with Crippen molar-refractivity contribution in [1.82, 2.24) is 0 Å². The third-order valence-corrected chi connectivity index (χ3v) is 8.40. The van der Waals surface area contributed by atoms with Crippen LogP contribution in [0.5, 0.6) is 0 Å². The van der Waals surface area contributed by atoms with Gasteiger partial charge in [-0.25, -0.2) is 0 Å². The first-order valence-corrected chi connectivity index (χ1v) is 15.4. The molecule has 0 saturated carbocycles. The van der Waals surface area contributed by atoms with Gasteiger partial charge in [0.15, 0.2) is 0 Å².